The number of nitrogens with zero attached hydrogens (tertiary/aromatic N) is 3. The number of hydrogen-bond donors (Lipinski definition) is 2. The van der Waals surface area contributed by atoms with Crippen LogP contribution in [0.3, 0.4) is 0 Å². The number of hydrogen-bond acceptors (Lipinski definition) is 5. The van der Waals surface area contributed by atoms with Gasteiger partial charge in [-0.15, -0.1) is 11.8 Å². The van der Waals surface area contributed by atoms with Crippen molar-refractivity contribution in [3.05, 3.63) is 90.9 Å². The van der Waals surface area contributed by atoms with E-state index in [1.54, 1.807) is 18.0 Å². The van der Waals surface area contributed by atoms with Crippen LogP contribution in [0.15, 0.2) is 90.2 Å². The highest BCUT2D eigenvalue weighted by molar-refractivity contribution is 7.98. The zero-order chi connectivity index (χ0) is 21.8. The Labute approximate surface area is 191 Å². The molecule has 0 saturated heterocycles. The van der Waals surface area contributed by atoms with Crippen molar-refractivity contribution in [2.24, 2.45) is 0 Å². The van der Waals surface area contributed by atoms with Crippen LogP contribution >= 0.6 is 11.8 Å². The lowest BCUT2D eigenvalue weighted by atomic mass is 10.0. The van der Waals surface area contributed by atoms with Gasteiger partial charge < -0.3 is 10.3 Å². The Morgan fingerprint density at radius 1 is 0.938 bits per heavy atom. The second-order valence-corrected chi connectivity index (χ2v) is 8.36. The molecule has 0 radical (unpaired) electrons. The smallest absolute Gasteiger partial charge is 0.223 e. The molecule has 5 aromatic rings. The summed E-state index contributed by atoms with van der Waals surface area (Å²) < 4.78 is 0. The predicted molar refractivity (Wildman–Crippen MR) is 133 cm³/mol. The maximum Gasteiger partial charge on any atom is 0.223 e. The largest absolute Gasteiger partial charge is 0.354 e. The van der Waals surface area contributed by atoms with Gasteiger partial charge in [0.25, 0.3) is 0 Å². The normalized spacial score (nSPS) is 11.0. The minimum Gasteiger partial charge on any atom is -0.354 e. The van der Waals surface area contributed by atoms with E-state index in [4.69, 9.17) is 4.98 Å². The first-order valence-electron chi connectivity index (χ1n) is 10.5. The van der Waals surface area contributed by atoms with Gasteiger partial charge in [-0.25, -0.2) is 15.0 Å². The fraction of sp³-hybridized carbons (Fsp3) is 0.115. The number of aromatic nitrogens is 4. The quantitative estimate of drug-likeness (QED) is 0.303. The van der Waals surface area contributed by atoms with Crippen molar-refractivity contribution >= 4 is 28.7 Å². The van der Waals surface area contributed by atoms with Crippen LogP contribution in [-0.4, -0.2) is 32.7 Å². The molecule has 0 spiro atoms. The number of nitrogens with one attached hydrogen (secondary N) is 2. The summed E-state index contributed by atoms with van der Waals surface area (Å²) in [6, 6.07) is 23.1. The number of thioether (sulfide) groups is 1. The molecule has 0 atom stereocenters. The van der Waals surface area contributed by atoms with E-state index in [0.29, 0.717) is 5.95 Å². The average molecular weight is 438 g/mol. The third-order valence-corrected chi connectivity index (χ3v) is 6.17. The second-order valence-electron chi connectivity index (χ2n) is 7.48. The average Bonchev–Trinajstić information content (AvgIpc) is 3.28. The number of pyridine rings is 1. The zero-order valence-electron chi connectivity index (χ0n) is 17.7. The Bertz CT molecular complexity index is 1330. The lowest BCUT2D eigenvalue weighted by Gasteiger charge is -2.07. The van der Waals surface area contributed by atoms with Crippen molar-refractivity contribution in [2.45, 2.75) is 11.3 Å². The summed E-state index contributed by atoms with van der Waals surface area (Å²) in [5.74, 6) is 0.629. The van der Waals surface area contributed by atoms with Gasteiger partial charge in [0.05, 0.1) is 5.69 Å². The van der Waals surface area contributed by atoms with Crippen LogP contribution in [0.5, 0.6) is 0 Å². The molecule has 32 heavy (non-hydrogen) atoms. The molecule has 5 rings (SSSR count). The first-order valence-corrected chi connectivity index (χ1v) is 11.8. The summed E-state index contributed by atoms with van der Waals surface area (Å²) in [6.45, 7) is 0.777. The molecule has 0 aliphatic rings. The molecular formula is C26H23N5S. The van der Waals surface area contributed by atoms with Gasteiger partial charge in [0.1, 0.15) is 5.65 Å². The Balaban J connectivity index is 1.39. The van der Waals surface area contributed by atoms with Crippen LogP contribution in [0.2, 0.25) is 0 Å². The maximum absolute atomic E-state index is 4.75. The molecule has 0 fully saturated rings. The Hall–Kier alpha value is -3.64. The number of aromatic amines is 1. The van der Waals surface area contributed by atoms with Crippen LogP contribution in [-0.2, 0) is 6.42 Å². The van der Waals surface area contributed by atoms with Crippen molar-refractivity contribution < 1.29 is 0 Å². The Kier molecular flexibility index (Phi) is 5.85. The molecule has 0 saturated carbocycles. The first-order chi connectivity index (χ1) is 15.8. The topological polar surface area (TPSA) is 66.5 Å². The molecule has 0 aliphatic carbocycles. The molecule has 0 bridgehead atoms. The van der Waals surface area contributed by atoms with E-state index in [9.17, 15) is 0 Å². The lowest BCUT2D eigenvalue weighted by Crippen LogP contribution is -2.08. The second kappa shape index (κ2) is 9.24. The van der Waals surface area contributed by atoms with Gasteiger partial charge in [-0.1, -0.05) is 42.5 Å². The molecule has 3 heterocycles. The van der Waals surface area contributed by atoms with Crippen molar-refractivity contribution in [1.29, 1.82) is 0 Å². The van der Waals surface area contributed by atoms with E-state index in [2.05, 4.69) is 81.1 Å². The fourth-order valence-corrected chi connectivity index (χ4v) is 4.12. The predicted octanol–water partition coefficient (Wildman–Crippen LogP) is 6.06. The van der Waals surface area contributed by atoms with Gasteiger partial charge in [-0.3, -0.25) is 0 Å². The van der Waals surface area contributed by atoms with Gasteiger partial charge in [-0.05, 0) is 48.1 Å². The monoisotopic (exact) mass is 437 g/mol. The molecule has 2 aromatic carbocycles. The lowest BCUT2D eigenvalue weighted by molar-refractivity contribution is 0.985. The molecule has 5 nitrogen and oxygen atoms in total. The fourth-order valence-electron chi connectivity index (χ4n) is 3.71. The summed E-state index contributed by atoms with van der Waals surface area (Å²) in [5.41, 5.74) is 6.25. The summed E-state index contributed by atoms with van der Waals surface area (Å²) in [5, 5.41) is 4.39. The highest BCUT2D eigenvalue weighted by Gasteiger charge is 2.11. The number of benzene rings is 2. The van der Waals surface area contributed by atoms with Gasteiger partial charge >= 0.3 is 0 Å². The molecule has 3 aromatic heterocycles. The third-order valence-electron chi connectivity index (χ3n) is 5.43. The Morgan fingerprint density at radius 3 is 2.59 bits per heavy atom. The maximum atomic E-state index is 4.75. The molecular weight excluding hydrogens is 414 g/mol. The van der Waals surface area contributed by atoms with Crippen LogP contribution < -0.4 is 5.32 Å². The van der Waals surface area contributed by atoms with Crippen molar-refractivity contribution in [2.75, 3.05) is 18.1 Å². The standard InChI is InChI=1S/C26H23N5S/c1-32-21-9-7-19(8-10-21)20-15-22-23(17-30-25(22)29-16-20)24-12-14-28-26(31-24)27-13-11-18-5-3-2-4-6-18/h2-10,12,14-17H,11,13H2,1H3,(H,29,30)(H,27,28,31). The molecule has 2 N–H and O–H groups in total. The summed E-state index contributed by atoms with van der Waals surface area (Å²) in [7, 11) is 0. The minimum absolute atomic E-state index is 0.629. The van der Waals surface area contributed by atoms with Crippen LogP contribution in [0.4, 0.5) is 5.95 Å². The van der Waals surface area contributed by atoms with E-state index in [1.807, 2.05) is 24.5 Å². The van der Waals surface area contributed by atoms with Crippen molar-refractivity contribution in [3.8, 4) is 22.4 Å². The number of rotatable bonds is 7. The molecule has 158 valence electrons. The number of H-pyrrole nitrogens is 1. The van der Waals surface area contributed by atoms with Crippen LogP contribution in [0.25, 0.3) is 33.4 Å². The summed E-state index contributed by atoms with van der Waals surface area (Å²) >= 11 is 1.74. The summed E-state index contributed by atoms with van der Waals surface area (Å²) in [4.78, 5) is 18.3. The SMILES string of the molecule is CSc1ccc(-c2cnc3[nH]cc(-c4ccnc(NCCc5ccccc5)n4)c3c2)cc1. The number of anilines is 1. The minimum atomic E-state index is 0.629. The van der Waals surface area contributed by atoms with Crippen LogP contribution in [0, 0.1) is 0 Å². The highest BCUT2D eigenvalue weighted by Crippen LogP contribution is 2.31. The highest BCUT2D eigenvalue weighted by atomic mass is 32.2. The molecule has 0 aliphatic heterocycles. The van der Waals surface area contributed by atoms with Gasteiger partial charge in [0.2, 0.25) is 5.95 Å². The van der Waals surface area contributed by atoms with Crippen LogP contribution in [0.1, 0.15) is 5.56 Å². The zero-order valence-corrected chi connectivity index (χ0v) is 18.6. The van der Waals surface area contributed by atoms with E-state index in [-0.39, 0.29) is 0 Å². The van der Waals surface area contributed by atoms with Gasteiger partial charge in [0.15, 0.2) is 0 Å². The summed E-state index contributed by atoms with van der Waals surface area (Å²) in [6.07, 6.45) is 8.68. The van der Waals surface area contributed by atoms with Gasteiger partial charge in [0, 0.05) is 46.5 Å². The molecule has 6 heteroatoms. The molecule has 0 unspecified atom stereocenters. The van der Waals surface area contributed by atoms with Gasteiger partial charge in [-0.2, -0.15) is 0 Å². The van der Waals surface area contributed by atoms with Crippen molar-refractivity contribution in [1.82, 2.24) is 19.9 Å². The van der Waals surface area contributed by atoms with Crippen molar-refractivity contribution in [3.63, 3.8) is 0 Å². The first kappa shape index (κ1) is 20.3. The Morgan fingerprint density at radius 2 is 1.78 bits per heavy atom. The number of fused-ring (bicyclic) bond motifs is 1. The van der Waals surface area contributed by atoms with E-state index in [1.165, 1.54) is 10.5 Å². The van der Waals surface area contributed by atoms with E-state index >= 15 is 0 Å². The van der Waals surface area contributed by atoms with E-state index < -0.39 is 0 Å². The molecule has 0 amide bonds. The third kappa shape index (κ3) is 4.36. The van der Waals surface area contributed by atoms with E-state index in [0.717, 1.165) is 46.4 Å².